The summed E-state index contributed by atoms with van der Waals surface area (Å²) in [5, 5.41) is 0. The summed E-state index contributed by atoms with van der Waals surface area (Å²) in [4.78, 5) is 0.959. The Morgan fingerprint density at radius 1 is 1.38 bits per heavy atom. The van der Waals surface area contributed by atoms with E-state index in [0.29, 0.717) is 17.4 Å². The number of nitrogens with one attached hydrogen (secondary N) is 1. The first-order valence-electron chi connectivity index (χ1n) is 4.69. The molecule has 0 aliphatic carbocycles. The van der Waals surface area contributed by atoms with Gasteiger partial charge in [0.15, 0.2) is 0 Å². The third-order valence-electron chi connectivity index (χ3n) is 1.76. The summed E-state index contributed by atoms with van der Waals surface area (Å²) in [6, 6.07) is 3.35. The van der Waals surface area contributed by atoms with Crippen LogP contribution in [-0.4, -0.2) is 35.5 Å². The van der Waals surface area contributed by atoms with E-state index < -0.39 is 10.0 Å². The summed E-state index contributed by atoms with van der Waals surface area (Å²) in [5.74, 6) is 0. The van der Waals surface area contributed by atoms with Crippen LogP contribution in [-0.2, 0) is 19.5 Å². The molecule has 5 nitrogen and oxygen atoms in total. The number of thiophene rings is 1. The second-order valence-electron chi connectivity index (χ2n) is 3.06. The number of hydrogen-bond donors (Lipinski definition) is 1. The van der Waals surface area contributed by atoms with Crippen LogP contribution in [0.25, 0.3) is 0 Å². The molecule has 0 amide bonds. The first-order chi connectivity index (χ1) is 7.56. The van der Waals surface area contributed by atoms with E-state index in [4.69, 9.17) is 9.47 Å². The average Bonchev–Trinajstić information content (AvgIpc) is 2.65. The number of methoxy groups -OCH3 is 1. The van der Waals surface area contributed by atoms with Gasteiger partial charge in [0, 0.05) is 12.0 Å². The van der Waals surface area contributed by atoms with Crippen molar-refractivity contribution in [3.05, 3.63) is 17.0 Å². The fourth-order valence-corrected chi connectivity index (χ4v) is 3.19. The van der Waals surface area contributed by atoms with Crippen LogP contribution in [0.15, 0.2) is 16.3 Å². The van der Waals surface area contributed by atoms with Crippen LogP contribution in [0.2, 0.25) is 0 Å². The highest BCUT2D eigenvalue weighted by atomic mass is 32.2. The first-order valence-corrected chi connectivity index (χ1v) is 6.99. The third-order valence-corrected chi connectivity index (χ3v) is 4.63. The average molecular weight is 265 g/mol. The molecule has 0 saturated carbocycles. The molecule has 0 radical (unpaired) electrons. The van der Waals surface area contributed by atoms with Gasteiger partial charge in [-0.1, -0.05) is 0 Å². The van der Waals surface area contributed by atoms with Crippen LogP contribution in [0.5, 0.6) is 0 Å². The zero-order valence-electron chi connectivity index (χ0n) is 9.23. The SMILES string of the molecule is COCCOCNS(=O)(=O)c1ccc(C)s1. The van der Waals surface area contributed by atoms with E-state index in [1.165, 1.54) is 11.3 Å². The molecule has 0 unspecified atom stereocenters. The number of hydrogen-bond acceptors (Lipinski definition) is 5. The highest BCUT2D eigenvalue weighted by Gasteiger charge is 2.15. The van der Waals surface area contributed by atoms with Crippen molar-refractivity contribution < 1.29 is 17.9 Å². The number of ether oxygens (including phenoxy) is 2. The van der Waals surface area contributed by atoms with E-state index in [-0.39, 0.29) is 6.73 Å². The molecule has 1 aromatic rings. The summed E-state index contributed by atoms with van der Waals surface area (Å²) >= 11 is 1.23. The summed E-state index contributed by atoms with van der Waals surface area (Å²) in [6.45, 7) is 2.63. The maximum atomic E-state index is 11.7. The number of aryl methyl sites for hydroxylation is 1. The van der Waals surface area contributed by atoms with Gasteiger partial charge in [0.05, 0.1) is 13.2 Å². The van der Waals surface area contributed by atoms with Gasteiger partial charge in [-0.05, 0) is 19.1 Å². The molecule has 0 saturated heterocycles. The van der Waals surface area contributed by atoms with Crippen molar-refractivity contribution in [3.8, 4) is 0 Å². The molecule has 0 aromatic carbocycles. The Morgan fingerprint density at radius 3 is 2.69 bits per heavy atom. The monoisotopic (exact) mass is 265 g/mol. The van der Waals surface area contributed by atoms with Gasteiger partial charge in [0.2, 0.25) is 0 Å². The van der Waals surface area contributed by atoms with Crippen LogP contribution < -0.4 is 4.72 Å². The van der Waals surface area contributed by atoms with Crippen LogP contribution >= 0.6 is 11.3 Å². The Labute approximate surface area is 99.4 Å². The molecule has 1 N–H and O–H groups in total. The highest BCUT2D eigenvalue weighted by molar-refractivity contribution is 7.91. The Kier molecular flexibility index (Phi) is 5.36. The van der Waals surface area contributed by atoms with Crippen molar-refractivity contribution in [1.29, 1.82) is 0 Å². The molecule has 0 aliphatic rings. The molecular formula is C9H15NO4S2. The zero-order valence-corrected chi connectivity index (χ0v) is 10.9. The van der Waals surface area contributed by atoms with Crippen LogP contribution in [0.1, 0.15) is 4.88 Å². The van der Waals surface area contributed by atoms with Gasteiger partial charge in [-0.2, -0.15) is 4.72 Å². The predicted octanol–water partition coefficient (Wildman–Crippen LogP) is 0.955. The summed E-state index contributed by atoms with van der Waals surface area (Å²) < 4.78 is 35.8. The minimum absolute atomic E-state index is 0.0390. The molecule has 1 rings (SSSR count). The molecular weight excluding hydrogens is 250 g/mol. The van der Waals surface area contributed by atoms with E-state index >= 15 is 0 Å². The van der Waals surface area contributed by atoms with Crippen molar-refractivity contribution in [2.45, 2.75) is 11.1 Å². The molecule has 0 spiro atoms. The molecule has 0 atom stereocenters. The lowest BCUT2D eigenvalue weighted by Gasteiger charge is -2.05. The fourth-order valence-electron chi connectivity index (χ4n) is 0.961. The Balaban J connectivity index is 2.41. The molecule has 0 fully saturated rings. The van der Waals surface area contributed by atoms with Gasteiger partial charge < -0.3 is 9.47 Å². The van der Waals surface area contributed by atoms with Gasteiger partial charge >= 0.3 is 0 Å². The van der Waals surface area contributed by atoms with Gasteiger partial charge in [-0.3, -0.25) is 0 Å². The fraction of sp³-hybridized carbons (Fsp3) is 0.556. The van der Waals surface area contributed by atoms with E-state index in [1.807, 2.05) is 6.92 Å². The lowest BCUT2D eigenvalue weighted by Crippen LogP contribution is -2.26. The lowest BCUT2D eigenvalue weighted by atomic mass is 10.5. The number of rotatable bonds is 7. The van der Waals surface area contributed by atoms with Gasteiger partial charge in [-0.25, -0.2) is 8.42 Å². The van der Waals surface area contributed by atoms with E-state index in [1.54, 1.807) is 19.2 Å². The normalized spacial score (nSPS) is 11.9. The Bertz CT molecular complexity index is 413. The lowest BCUT2D eigenvalue weighted by molar-refractivity contribution is 0.0688. The molecule has 1 aromatic heterocycles. The van der Waals surface area contributed by atoms with Crippen molar-refractivity contribution in [3.63, 3.8) is 0 Å². The van der Waals surface area contributed by atoms with E-state index in [2.05, 4.69) is 4.72 Å². The maximum Gasteiger partial charge on any atom is 0.251 e. The molecule has 16 heavy (non-hydrogen) atoms. The maximum absolute atomic E-state index is 11.7. The molecule has 0 bridgehead atoms. The topological polar surface area (TPSA) is 64.6 Å². The van der Waals surface area contributed by atoms with Crippen LogP contribution in [0.3, 0.4) is 0 Å². The largest absolute Gasteiger partial charge is 0.382 e. The minimum atomic E-state index is -3.42. The second-order valence-corrected chi connectivity index (χ2v) is 6.34. The zero-order chi connectivity index (χ0) is 12.0. The molecule has 92 valence electrons. The van der Waals surface area contributed by atoms with E-state index in [0.717, 1.165) is 4.88 Å². The van der Waals surface area contributed by atoms with Crippen molar-refractivity contribution in [2.24, 2.45) is 0 Å². The van der Waals surface area contributed by atoms with Crippen LogP contribution in [0, 0.1) is 6.92 Å². The van der Waals surface area contributed by atoms with Crippen molar-refractivity contribution >= 4 is 21.4 Å². The summed E-state index contributed by atoms with van der Waals surface area (Å²) in [6.07, 6.45) is 0. The van der Waals surface area contributed by atoms with Gasteiger partial charge in [0.25, 0.3) is 10.0 Å². The summed E-state index contributed by atoms with van der Waals surface area (Å²) in [5.41, 5.74) is 0. The highest BCUT2D eigenvalue weighted by Crippen LogP contribution is 2.19. The molecule has 0 aliphatic heterocycles. The Morgan fingerprint density at radius 2 is 2.12 bits per heavy atom. The van der Waals surface area contributed by atoms with Crippen molar-refractivity contribution in [1.82, 2.24) is 4.72 Å². The van der Waals surface area contributed by atoms with Gasteiger partial charge in [-0.15, -0.1) is 11.3 Å². The predicted molar refractivity (Wildman–Crippen MR) is 62.1 cm³/mol. The number of sulfonamides is 1. The van der Waals surface area contributed by atoms with Gasteiger partial charge in [0.1, 0.15) is 10.9 Å². The third kappa shape index (κ3) is 4.18. The Hall–Kier alpha value is -0.470. The standard InChI is InChI=1S/C9H15NO4S2/c1-8-3-4-9(15-8)16(11,12)10-7-14-6-5-13-2/h3-4,10H,5-7H2,1-2H3. The minimum Gasteiger partial charge on any atom is -0.382 e. The van der Waals surface area contributed by atoms with E-state index in [9.17, 15) is 8.42 Å². The van der Waals surface area contributed by atoms with Crippen molar-refractivity contribution in [2.75, 3.05) is 27.1 Å². The molecule has 1 heterocycles. The summed E-state index contributed by atoms with van der Waals surface area (Å²) in [7, 11) is -1.87. The quantitative estimate of drug-likeness (QED) is 0.589. The first kappa shape index (κ1) is 13.6. The smallest absolute Gasteiger partial charge is 0.251 e. The second kappa shape index (κ2) is 6.31. The molecule has 7 heteroatoms. The van der Waals surface area contributed by atoms with Crippen LogP contribution in [0.4, 0.5) is 0 Å².